The molecule has 28 heavy (non-hydrogen) atoms. The molecule has 0 radical (unpaired) electrons. The molecule has 1 fully saturated rings. The van der Waals surface area contributed by atoms with Crippen molar-refractivity contribution in [3.63, 3.8) is 0 Å². The quantitative estimate of drug-likeness (QED) is 0.664. The monoisotopic (exact) mass is 376 g/mol. The number of carbonyl (C=O) groups excluding carboxylic acids is 1. The van der Waals surface area contributed by atoms with Crippen molar-refractivity contribution in [1.29, 1.82) is 0 Å². The second kappa shape index (κ2) is 7.96. The smallest absolute Gasteiger partial charge is 0.254 e. The van der Waals surface area contributed by atoms with Crippen molar-refractivity contribution in [2.75, 3.05) is 6.61 Å². The number of nitrogens with two attached hydrogens (primary N) is 1. The van der Waals surface area contributed by atoms with Crippen molar-refractivity contribution < 1.29 is 9.90 Å². The summed E-state index contributed by atoms with van der Waals surface area (Å²) in [4.78, 5) is 15.1. The zero-order valence-electron chi connectivity index (χ0n) is 15.6. The summed E-state index contributed by atoms with van der Waals surface area (Å²) in [5, 5.41) is 13.7. The van der Waals surface area contributed by atoms with Gasteiger partial charge >= 0.3 is 0 Å². The Morgan fingerprint density at radius 2 is 2.00 bits per heavy atom. The van der Waals surface area contributed by atoms with Gasteiger partial charge in [-0.15, -0.1) is 0 Å². The summed E-state index contributed by atoms with van der Waals surface area (Å²) in [5.41, 5.74) is 9.26. The maximum Gasteiger partial charge on any atom is 0.254 e. The van der Waals surface area contributed by atoms with Gasteiger partial charge in [0, 0.05) is 29.9 Å². The summed E-state index contributed by atoms with van der Waals surface area (Å²) < 4.78 is 1.83. The van der Waals surface area contributed by atoms with Crippen LogP contribution in [0.4, 0.5) is 0 Å². The van der Waals surface area contributed by atoms with Crippen molar-refractivity contribution in [1.82, 2.24) is 14.7 Å². The van der Waals surface area contributed by atoms with Gasteiger partial charge in [0.1, 0.15) is 0 Å². The van der Waals surface area contributed by atoms with E-state index in [1.165, 1.54) is 0 Å². The number of aliphatic hydroxyl groups excluding tert-OH is 1. The van der Waals surface area contributed by atoms with Crippen LogP contribution in [0.2, 0.25) is 0 Å². The minimum absolute atomic E-state index is 0.0121. The molecule has 3 aromatic rings. The Labute approximate surface area is 164 Å². The molecular formula is C22H24N4O2. The largest absolute Gasteiger partial charge is 0.394 e. The van der Waals surface area contributed by atoms with E-state index in [1.54, 1.807) is 12.1 Å². The van der Waals surface area contributed by atoms with Gasteiger partial charge in [-0.05, 0) is 42.7 Å². The molecule has 1 aromatic heterocycles. The molecular weight excluding hydrogens is 352 g/mol. The molecule has 3 N–H and O–H groups in total. The number of rotatable bonds is 7. The average Bonchev–Trinajstić information content (AvgIpc) is 3.49. The van der Waals surface area contributed by atoms with Gasteiger partial charge in [-0.2, -0.15) is 5.10 Å². The highest BCUT2D eigenvalue weighted by Gasteiger charge is 2.33. The third-order valence-electron chi connectivity index (χ3n) is 5.02. The molecule has 144 valence electrons. The van der Waals surface area contributed by atoms with Crippen LogP contribution in [0.3, 0.4) is 0 Å². The first-order chi connectivity index (χ1) is 13.7. The predicted molar refractivity (Wildman–Crippen MR) is 107 cm³/mol. The molecule has 6 nitrogen and oxygen atoms in total. The van der Waals surface area contributed by atoms with Gasteiger partial charge in [0.2, 0.25) is 0 Å². The molecule has 0 bridgehead atoms. The van der Waals surface area contributed by atoms with Crippen LogP contribution < -0.4 is 5.73 Å². The zero-order valence-corrected chi connectivity index (χ0v) is 15.6. The maximum atomic E-state index is 13.2. The van der Waals surface area contributed by atoms with Crippen LogP contribution in [0.1, 0.15) is 40.4 Å². The molecule has 0 saturated heterocycles. The lowest BCUT2D eigenvalue weighted by molar-refractivity contribution is 0.0729. The number of hydrogen-bond donors (Lipinski definition) is 2. The topological polar surface area (TPSA) is 84.4 Å². The number of benzene rings is 2. The highest BCUT2D eigenvalue weighted by atomic mass is 16.3. The van der Waals surface area contributed by atoms with Crippen molar-refractivity contribution in [2.24, 2.45) is 5.73 Å². The number of hydrogen-bond acceptors (Lipinski definition) is 4. The molecule has 4 rings (SSSR count). The van der Waals surface area contributed by atoms with Gasteiger partial charge in [-0.1, -0.05) is 30.3 Å². The molecule has 1 atom stereocenters. The third-order valence-corrected chi connectivity index (χ3v) is 5.02. The van der Waals surface area contributed by atoms with Crippen molar-refractivity contribution in [2.45, 2.75) is 31.5 Å². The lowest BCUT2D eigenvalue weighted by Gasteiger charge is -2.22. The number of carbonyl (C=O) groups is 1. The molecule has 6 heteroatoms. The third kappa shape index (κ3) is 3.98. The minimum atomic E-state index is -0.480. The summed E-state index contributed by atoms with van der Waals surface area (Å²) in [6.45, 7) is 0.370. The van der Waals surface area contributed by atoms with E-state index in [2.05, 4.69) is 5.10 Å². The fourth-order valence-corrected chi connectivity index (χ4v) is 3.29. The van der Waals surface area contributed by atoms with Gasteiger partial charge in [0.05, 0.1) is 24.5 Å². The Bertz CT molecular complexity index is 950. The van der Waals surface area contributed by atoms with Gasteiger partial charge in [-0.3, -0.25) is 4.79 Å². The normalized spacial score (nSPS) is 14.6. The van der Waals surface area contributed by atoms with E-state index in [0.29, 0.717) is 12.1 Å². The van der Waals surface area contributed by atoms with E-state index >= 15 is 0 Å². The van der Waals surface area contributed by atoms with E-state index < -0.39 is 6.04 Å². The minimum Gasteiger partial charge on any atom is -0.394 e. The molecule has 1 aliphatic carbocycles. The summed E-state index contributed by atoms with van der Waals surface area (Å²) in [7, 11) is 0. The van der Waals surface area contributed by atoms with E-state index in [1.807, 2.05) is 64.4 Å². The van der Waals surface area contributed by atoms with Crippen LogP contribution in [-0.2, 0) is 6.54 Å². The first kappa shape index (κ1) is 18.4. The van der Waals surface area contributed by atoms with Gasteiger partial charge in [0.15, 0.2) is 0 Å². The second-order valence-electron chi connectivity index (χ2n) is 7.21. The van der Waals surface area contributed by atoms with Gasteiger partial charge < -0.3 is 15.7 Å². The lowest BCUT2D eigenvalue weighted by atomic mass is 10.0. The van der Waals surface area contributed by atoms with Crippen LogP contribution in [0.25, 0.3) is 5.69 Å². The number of aliphatic hydroxyl groups is 1. The van der Waals surface area contributed by atoms with Crippen LogP contribution in [0, 0.1) is 0 Å². The lowest BCUT2D eigenvalue weighted by Crippen LogP contribution is -2.32. The summed E-state index contributed by atoms with van der Waals surface area (Å²) in [6, 6.07) is 16.9. The highest BCUT2D eigenvalue weighted by Crippen LogP contribution is 2.30. The molecule has 0 spiro atoms. The van der Waals surface area contributed by atoms with Gasteiger partial charge in [-0.25, -0.2) is 4.68 Å². The Morgan fingerprint density at radius 3 is 2.71 bits per heavy atom. The predicted octanol–water partition coefficient (Wildman–Crippen LogP) is 2.67. The van der Waals surface area contributed by atoms with Crippen molar-refractivity contribution in [3.8, 4) is 5.69 Å². The Hall–Kier alpha value is -2.96. The molecule has 1 unspecified atom stereocenters. The van der Waals surface area contributed by atoms with Crippen LogP contribution in [0.15, 0.2) is 67.0 Å². The summed E-state index contributed by atoms with van der Waals surface area (Å²) in [6.07, 6.45) is 5.83. The molecule has 1 aliphatic rings. The number of aromatic nitrogens is 2. The first-order valence-corrected chi connectivity index (χ1v) is 9.52. The van der Waals surface area contributed by atoms with Crippen LogP contribution >= 0.6 is 0 Å². The van der Waals surface area contributed by atoms with E-state index in [4.69, 9.17) is 5.73 Å². The van der Waals surface area contributed by atoms with Crippen LogP contribution in [0.5, 0.6) is 0 Å². The fraction of sp³-hybridized carbons (Fsp3) is 0.273. The van der Waals surface area contributed by atoms with E-state index in [0.717, 1.165) is 29.7 Å². The zero-order chi connectivity index (χ0) is 19.5. The summed E-state index contributed by atoms with van der Waals surface area (Å²) >= 11 is 0. The van der Waals surface area contributed by atoms with E-state index in [-0.39, 0.29) is 18.6 Å². The Balaban J connectivity index is 1.54. The average molecular weight is 376 g/mol. The Morgan fingerprint density at radius 1 is 1.21 bits per heavy atom. The maximum absolute atomic E-state index is 13.2. The second-order valence-corrected chi connectivity index (χ2v) is 7.21. The van der Waals surface area contributed by atoms with Crippen LogP contribution in [-0.4, -0.2) is 38.3 Å². The standard InChI is InChI=1S/C22H24N4O2/c23-21(15-27)17-5-4-6-18(11-17)22(28)25(19-9-10-19)13-16-12-24-26(14-16)20-7-2-1-3-8-20/h1-8,11-12,14,19,21,27H,9-10,13,15,23H2. The van der Waals surface area contributed by atoms with E-state index in [9.17, 15) is 9.90 Å². The molecule has 1 saturated carbocycles. The molecule has 2 aromatic carbocycles. The van der Waals surface area contributed by atoms with Crippen molar-refractivity contribution in [3.05, 3.63) is 83.7 Å². The SMILES string of the molecule is NC(CO)c1cccc(C(=O)N(Cc2cnn(-c3ccccc3)c2)C2CC2)c1. The van der Waals surface area contributed by atoms with Crippen molar-refractivity contribution >= 4 is 5.91 Å². The first-order valence-electron chi connectivity index (χ1n) is 9.52. The number of amides is 1. The Kier molecular flexibility index (Phi) is 5.23. The fourth-order valence-electron chi connectivity index (χ4n) is 3.29. The number of nitrogens with zero attached hydrogens (tertiary/aromatic N) is 3. The number of para-hydroxylation sites is 1. The van der Waals surface area contributed by atoms with Gasteiger partial charge in [0.25, 0.3) is 5.91 Å². The summed E-state index contributed by atoms with van der Waals surface area (Å²) in [5.74, 6) is -0.0121. The molecule has 0 aliphatic heterocycles. The molecule has 1 amide bonds. The highest BCUT2D eigenvalue weighted by molar-refractivity contribution is 5.94. The molecule has 1 heterocycles.